The van der Waals surface area contributed by atoms with Gasteiger partial charge in [-0.3, -0.25) is 14.4 Å². The lowest BCUT2D eigenvalue weighted by Gasteiger charge is -2.32. The smallest absolute Gasteiger partial charge is 0.310 e. The zero-order chi connectivity index (χ0) is 22.2. The predicted octanol–water partition coefficient (Wildman–Crippen LogP) is 3.11. The van der Waals surface area contributed by atoms with E-state index in [1.165, 1.54) is 16.7 Å². The summed E-state index contributed by atoms with van der Waals surface area (Å²) < 4.78 is 5.10. The van der Waals surface area contributed by atoms with Crippen LogP contribution in [0.1, 0.15) is 30.1 Å². The molecule has 2 amide bonds. The van der Waals surface area contributed by atoms with Crippen LogP contribution in [0.25, 0.3) is 0 Å². The summed E-state index contributed by atoms with van der Waals surface area (Å²) in [5.74, 6) is -1.00. The summed E-state index contributed by atoms with van der Waals surface area (Å²) in [4.78, 5) is 46.3. The Labute approximate surface area is 186 Å². The van der Waals surface area contributed by atoms with Crippen LogP contribution in [0.5, 0.6) is 0 Å². The van der Waals surface area contributed by atoms with Gasteiger partial charge < -0.3 is 14.5 Å². The minimum absolute atomic E-state index is 0.0568. The largest absolute Gasteiger partial charge is 0.466 e. The van der Waals surface area contributed by atoms with Gasteiger partial charge >= 0.3 is 5.97 Å². The lowest BCUT2D eigenvalue weighted by atomic mass is 9.98. The molecule has 1 unspecified atom stereocenters. The van der Waals surface area contributed by atoms with Gasteiger partial charge in [0.25, 0.3) is 5.91 Å². The Bertz CT molecular complexity index is 922. The predicted molar refractivity (Wildman–Crippen MR) is 118 cm³/mol. The third-order valence-electron chi connectivity index (χ3n) is 5.07. The molecule has 0 bridgehead atoms. The van der Waals surface area contributed by atoms with Crippen molar-refractivity contribution in [3.63, 3.8) is 0 Å². The van der Waals surface area contributed by atoms with Gasteiger partial charge in [-0.25, -0.2) is 4.98 Å². The van der Waals surface area contributed by atoms with Crippen LogP contribution in [-0.4, -0.2) is 65.9 Å². The van der Waals surface area contributed by atoms with Crippen molar-refractivity contribution < 1.29 is 19.1 Å². The van der Waals surface area contributed by atoms with E-state index in [0.717, 1.165) is 11.3 Å². The van der Waals surface area contributed by atoms with Gasteiger partial charge in [0.1, 0.15) is 5.03 Å². The van der Waals surface area contributed by atoms with Crippen molar-refractivity contribution in [2.24, 2.45) is 5.92 Å². The molecule has 8 heteroatoms. The summed E-state index contributed by atoms with van der Waals surface area (Å²) in [7, 11) is 1.61. The topological polar surface area (TPSA) is 79.8 Å². The molecule has 1 atom stereocenters. The van der Waals surface area contributed by atoms with Gasteiger partial charge in [-0.2, -0.15) is 0 Å². The standard InChI is InChI=1S/C23H27N3O4S/c1-3-30-23(29)17-9-8-14-26(15-17)20(27)16-25(2)22(28)19-12-7-13-24-21(19)31-18-10-5-4-6-11-18/h4-7,10-13,17H,3,8-9,14-16H2,1-2H3. The number of likely N-dealkylation sites (tertiary alicyclic amines) is 1. The maximum atomic E-state index is 13.1. The maximum Gasteiger partial charge on any atom is 0.310 e. The lowest BCUT2D eigenvalue weighted by molar-refractivity contribution is -0.151. The molecule has 0 N–H and O–H groups in total. The van der Waals surface area contributed by atoms with E-state index in [-0.39, 0.29) is 30.2 Å². The fourth-order valence-corrected chi connectivity index (χ4v) is 4.37. The highest BCUT2D eigenvalue weighted by molar-refractivity contribution is 7.99. The minimum atomic E-state index is -0.300. The van der Waals surface area contributed by atoms with Crippen molar-refractivity contribution in [2.75, 3.05) is 33.3 Å². The van der Waals surface area contributed by atoms with E-state index in [4.69, 9.17) is 4.74 Å². The van der Waals surface area contributed by atoms with Gasteiger partial charge in [-0.1, -0.05) is 30.0 Å². The maximum absolute atomic E-state index is 13.1. The van der Waals surface area contributed by atoms with Gasteiger partial charge in [-0.15, -0.1) is 0 Å². The molecule has 3 rings (SSSR count). The van der Waals surface area contributed by atoms with Crippen LogP contribution >= 0.6 is 11.8 Å². The summed E-state index contributed by atoms with van der Waals surface area (Å²) in [5.41, 5.74) is 0.453. The number of likely N-dealkylation sites (N-methyl/N-ethyl adjacent to an activating group) is 1. The number of carbonyl (C=O) groups excluding carboxylic acids is 3. The van der Waals surface area contributed by atoms with Crippen LogP contribution in [0.3, 0.4) is 0 Å². The molecule has 7 nitrogen and oxygen atoms in total. The van der Waals surface area contributed by atoms with E-state index < -0.39 is 0 Å². The summed E-state index contributed by atoms with van der Waals surface area (Å²) in [5, 5.41) is 0.596. The number of esters is 1. The molecule has 1 aromatic heterocycles. The number of ether oxygens (including phenoxy) is 1. The van der Waals surface area contributed by atoms with Gasteiger partial charge in [0, 0.05) is 31.2 Å². The first-order valence-electron chi connectivity index (χ1n) is 10.4. The van der Waals surface area contributed by atoms with Gasteiger partial charge in [0.05, 0.1) is 24.6 Å². The number of aromatic nitrogens is 1. The number of nitrogens with zero attached hydrogens (tertiary/aromatic N) is 3. The molecule has 0 aliphatic carbocycles. The molecule has 1 fully saturated rings. The highest BCUT2D eigenvalue weighted by Crippen LogP contribution is 2.29. The number of hydrogen-bond donors (Lipinski definition) is 0. The van der Waals surface area contributed by atoms with E-state index in [2.05, 4.69) is 4.98 Å². The van der Waals surface area contributed by atoms with E-state index in [1.54, 1.807) is 37.2 Å². The Balaban J connectivity index is 1.64. The molecule has 0 spiro atoms. The number of piperidine rings is 1. The summed E-state index contributed by atoms with van der Waals surface area (Å²) in [6.45, 7) is 2.96. The van der Waals surface area contributed by atoms with Gasteiger partial charge in [0.15, 0.2) is 0 Å². The molecule has 2 heterocycles. The van der Waals surface area contributed by atoms with Crippen LogP contribution < -0.4 is 0 Å². The SMILES string of the molecule is CCOC(=O)C1CCCN(C(=O)CN(C)C(=O)c2cccnc2Sc2ccccc2)C1. The summed E-state index contributed by atoms with van der Waals surface area (Å²) in [6, 6.07) is 13.1. The lowest BCUT2D eigenvalue weighted by Crippen LogP contribution is -2.47. The molecular weight excluding hydrogens is 414 g/mol. The first-order chi connectivity index (χ1) is 15.0. The molecule has 2 aromatic rings. The Morgan fingerprint density at radius 3 is 2.71 bits per heavy atom. The molecule has 1 aromatic carbocycles. The van der Waals surface area contributed by atoms with Crippen molar-refractivity contribution in [3.8, 4) is 0 Å². The number of amides is 2. The van der Waals surface area contributed by atoms with Crippen LogP contribution in [0.15, 0.2) is 58.6 Å². The molecule has 0 radical (unpaired) electrons. The second kappa shape index (κ2) is 10.9. The third kappa shape index (κ3) is 6.07. The Kier molecular flexibility index (Phi) is 8.06. The van der Waals surface area contributed by atoms with E-state index in [9.17, 15) is 14.4 Å². The number of benzene rings is 1. The Morgan fingerprint density at radius 1 is 1.19 bits per heavy atom. The quantitative estimate of drug-likeness (QED) is 0.615. The van der Waals surface area contributed by atoms with Crippen LogP contribution in [0.4, 0.5) is 0 Å². The van der Waals surface area contributed by atoms with E-state index >= 15 is 0 Å². The number of hydrogen-bond acceptors (Lipinski definition) is 6. The highest BCUT2D eigenvalue weighted by atomic mass is 32.2. The van der Waals surface area contributed by atoms with Crippen LogP contribution in [-0.2, 0) is 14.3 Å². The number of carbonyl (C=O) groups is 3. The fourth-order valence-electron chi connectivity index (χ4n) is 3.47. The van der Waals surface area contributed by atoms with Crippen molar-refractivity contribution in [1.29, 1.82) is 0 Å². The second-order valence-corrected chi connectivity index (χ2v) is 8.43. The average Bonchev–Trinajstić information content (AvgIpc) is 2.80. The number of pyridine rings is 1. The van der Waals surface area contributed by atoms with E-state index in [0.29, 0.717) is 36.7 Å². The van der Waals surface area contributed by atoms with E-state index in [1.807, 2.05) is 30.3 Å². The zero-order valence-corrected chi connectivity index (χ0v) is 18.6. The molecule has 1 aliphatic heterocycles. The highest BCUT2D eigenvalue weighted by Gasteiger charge is 2.30. The molecule has 0 saturated carbocycles. The monoisotopic (exact) mass is 441 g/mol. The molecule has 1 saturated heterocycles. The molecule has 31 heavy (non-hydrogen) atoms. The van der Waals surface area contributed by atoms with Gasteiger partial charge in [-0.05, 0) is 44.0 Å². The van der Waals surface area contributed by atoms with Crippen molar-refractivity contribution in [1.82, 2.24) is 14.8 Å². The second-order valence-electron chi connectivity index (χ2n) is 7.36. The summed E-state index contributed by atoms with van der Waals surface area (Å²) >= 11 is 1.41. The number of rotatable bonds is 7. The summed E-state index contributed by atoms with van der Waals surface area (Å²) in [6.07, 6.45) is 3.11. The first-order valence-corrected chi connectivity index (χ1v) is 11.2. The average molecular weight is 442 g/mol. The van der Waals surface area contributed by atoms with Crippen molar-refractivity contribution >= 4 is 29.5 Å². The molecular formula is C23H27N3O4S. The zero-order valence-electron chi connectivity index (χ0n) is 17.8. The Morgan fingerprint density at radius 2 is 1.97 bits per heavy atom. The van der Waals surface area contributed by atoms with Gasteiger partial charge in [0.2, 0.25) is 5.91 Å². The van der Waals surface area contributed by atoms with Crippen molar-refractivity contribution in [2.45, 2.75) is 29.7 Å². The Hall–Kier alpha value is -2.87. The first kappa shape index (κ1) is 22.8. The van der Waals surface area contributed by atoms with Crippen molar-refractivity contribution in [3.05, 3.63) is 54.2 Å². The van der Waals surface area contributed by atoms with Crippen LogP contribution in [0.2, 0.25) is 0 Å². The van der Waals surface area contributed by atoms with Crippen LogP contribution in [0, 0.1) is 5.92 Å². The molecule has 1 aliphatic rings. The fraction of sp³-hybridized carbons (Fsp3) is 0.391. The third-order valence-corrected chi connectivity index (χ3v) is 6.10. The minimum Gasteiger partial charge on any atom is -0.466 e. The normalized spacial score (nSPS) is 15.9. The molecule has 164 valence electrons.